The summed E-state index contributed by atoms with van der Waals surface area (Å²) in [6.45, 7) is 8.19. The summed E-state index contributed by atoms with van der Waals surface area (Å²) >= 11 is 0. The Labute approximate surface area is 424 Å². The normalized spacial score (nSPS) is 12.2. The van der Waals surface area contributed by atoms with Crippen LogP contribution in [0, 0.1) is 27.7 Å². The van der Waals surface area contributed by atoms with E-state index >= 15 is 26.3 Å². The lowest BCUT2D eigenvalue weighted by Crippen LogP contribution is -2.14. The minimum absolute atomic E-state index is 0.226. The number of aromatic nitrogens is 2. The van der Waals surface area contributed by atoms with Gasteiger partial charge in [0, 0.05) is 27.1 Å². The summed E-state index contributed by atoms with van der Waals surface area (Å²) in [5, 5.41) is 3.59. The van der Waals surface area contributed by atoms with E-state index in [1.807, 2.05) is 79.1 Å². The highest BCUT2D eigenvalue weighted by Gasteiger charge is 2.41. The van der Waals surface area contributed by atoms with E-state index in [1.165, 1.54) is 12.1 Å². The lowest BCUT2D eigenvalue weighted by molar-refractivity contribution is -0.142. The van der Waals surface area contributed by atoms with Gasteiger partial charge in [-0.3, -0.25) is 0 Å². The summed E-state index contributed by atoms with van der Waals surface area (Å²) in [6, 6.07) is 64.9. The maximum atomic E-state index is 15.1. The van der Waals surface area contributed by atoms with Gasteiger partial charge in [0.25, 0.3) is 0 Å². The summed E-state index contributed by atoms with van der Waals surface area (Å²) in [4.78, 5) is 0. The number of fused-ring (bicyclic) bond motifs is 6. The molecule has 74 heavy (non-hydrogen) atoms. The molecular weight excluding hydrogens is 935 g/mol. The van der Waals surface area contributed by atoms with Crippen molar-refractivity contribution in [1.82, 2.24) is 9.13 Å². The zero-order chi connectivity index (χ0) is 51.2. The highest BCUT2D eigenvalue weighted by atomic mass is 19.4. The van der Waals surface area contributed by atoms with Crippen LogP contribution < -0.4 is 0 Å². The van der Waals surface area contributed by atoms with Crippen molar-refractivity contribution in [3.05, 3.63) is 240 Å². The van der Waals surface area contributed by atoms with Crippen molar-refractivity contribution in [3.8, 4) is 67.0 Å². The van der Waals surface area contributed by atoms with Crippen LogP contribution >= 0.6 is 0 Å². The number of nitrogens with zero attached hydrogens (tertiary/aromatic N) is 2. The Kier molecular flexibility index (Phi) is 11.0. The van der Waals surface area contributed by atoms with Crippen LogP contribution in [0.5, 0.6) is 0 Å². The number of rotatable bonds is 7. The van der Waals surface area contributed by atoms with E-state index in [1.54, 1.807) is 6.07 Å². The first kappa shape index (κ1) is 46.5. The Hall–Kier alpha value is -8.62. The second kappa shape index (κ2) is 17.6. The van der Waals surface area contributed by atoms with Gasteiger partial charge in [0.1, 0.15) is 0 Å². The van der Waals surface area contributed by atoms with Gasteiger partial charge in [0.05, 0.1) is 44.6 Å². The van der Waals surface area contributed by atoms with E-state index < -0.39 is 29.0 Å². The van der Waals surface area contributed by atoms with Crippen LogP contribution in [0.4, 0.5) is 26.3 Å². The summed E-state index contributed by atoms with van der Waals surface area (Å²) in [5.74, 6) is 0. The molecule has 0 amide bonds. The van der Waals surface area contributed by atoms with Gasteiger partial charge in [-0.1, -0.05) is 156 Å². The van der Waals surface area contributed by atoms with Crippen LogP contribution in [0.25, 0.3) is 111 Å². The van der Waals surface area contributed by atoms with Crippen molar-refractivity contribution in [2.24, 2.45) is 0 Å². The number of aryl methyl sites for hydroxylation is 4. The number of hydrogen-bond acceptors (Lipinski definition) is 0. The smallest absolute Gasteiger partial charge is 0.307 e. The van der Waals surface area contributed by atoms with Crippen LogP contribution in [0.15, 0.2) is 206 Å². The minimum Gasteiger partial charge on any atom is -0.307 e. The molecule has 0 aliphatic carbocycles. The molecule has 8 heteroatoms. The Bertz CT molecular complexity index is 3990. The van der Waals surface area contributed by atoms with Crippen LogP contribution in [-0.2, 0) is 12.4 Å². The molecule has 362 valence electrons. The van der Waals surface area contributed by atoms with Gasteiger partial charge >= 0.3 is 12.4 Å². The van der Waals surface area contributed by atoms with E-state index in [-0.39, 0.29) is 5.56 Å². The van der Waals surface area contributed by atoms with Crippen molar-refractivity contribution in [1.29, 1.82) is 0 Å². The highest BCUT2D eigenvalue weighted by molar-refractivity contribution is 6.14. The molecule has 2 nitrogen and oxygen atoms in total. The van der Waals surface area contributed by atoms with Crippen molar-refractivity contribution in [3.63, 3.8) is 0 Å². The molecule has 0 radical (unpaired) electrons. The molecule has 0 aliphatic rings. The predicted octanol–water partition coefficient (Wildman–Crippen LogP) is 19.5. The summed E-state index contributed by atoms with van der Waals surface area (Å²) in [7, 11) is 0. The fourth-order valence-corrected chi connectivity index (χ4v) is 11.0. The van der Waals surface area contributed by atoms with Crippen LogP contribution in [0.3, 0.4) is 0 Å². The van der Waals surface area contributed by atoms with E-state index in [0.29, 0.717) is 11.4 Å². The molecular formula is C66H46F6N2. The van der Waals surface area contributed by atoms with Gasteiger partial charge in [0.15, 0.2) is 0 Å². The molecule has 2 heterocycles. The predicted molar refractivity (Wildman–Crippen MR) is 291 cm³/mol. The maximum Gasteiger partial charge on any atom is 0.417 e. The first-order chi connectivity index (χ1) is 35.6. The van der Waals surface area contributed by atoms with Crippen molar-refractivity contribution < 1.29 is 26.3 Å². The molecule has 12 rings (SSSR count). The maximum absolute atomic E-state index is 15.1. The largest absolute Gasteiger partial charge is 0.417 e. The number of halogens is 6. The van der Waals surface area contributed by atoms with Crippen LogP contribution in [-0.4, -0.2) is 9.13 Å². The molecule has 0 saturated carbocycles. The first-order valence-electron chi connectivity index (χ1n) is 24.4. The summed E-state index contributed by atoms with van der Waals surface area (Å²) in [5.41, 5.74) is 12.5. The molecule has 0 aliphatic heterocycles. The molecule has 0 N–H and O–H groups in total. The molecule has 0 spiro atoms. The Morgan fingerprint density at radius 2 is 0.554 bits per heavy atom. The van der Waals surface area contributed by atoms with Gasteiger partial charge in [0.2, 0.25) is 0 Å². The Balaban J connectivity index is 1.21. The Morgan fingerprint density at radius 3 is 0.865 bits per heavy atom. The third kappa shape index (κ3) is 8.11. The van der Waals surface area contributed by atoms with Crippen molar-refractivity contribution in [2.75, 3.05) is 0 Å². The quantitative estimate of drug-likeness (QED) is 0.141. The molecule has 0 unspecified atom stereocenters. The number of alkyl halides is 6. The van der Waals surface area contributed by atoms with Crippen molar-refractivity contribution >= 4 is 43.6 Å². The summed E-state index contributed by atoms with van der Waals surface area (Å²) in [6.07, 6.45) is -10.2. The van der Waals surface area contributed by atoms with Crippen LogP contribution in [0.1, 0.15) is 33.4 Å². The molecule has 2 aromatic heterocycles. The zero-order valence-corrected chi connectivity index (χ0v) is 40.8. The fraction of sp³-hybridized carbons (Fsp3) is 0.0909. The Morgan fingerprint density at radius 1 is 0.270 bits per heavy atom. The SMILES string of the molecule is Cc1cccc(-c2ccc3c(c2)c2cc(-c4cccc(C)c4)ccc2n3-c2ccc(-c3c(C(F)(F)F)cccc3C(F)(F)F)cc2-n2c3ccc(-c4cccc(C)c4)cc3c3cc(-c4cccc(C)c4)ccc32)c1. The summed E-state index contributed by atoms with van der Waals surface area (Å²) < 4.78 is 94.9. The van der Waals surface area contributed by atoms with Crippen LogP contribution in [0.2, 0.25) is 0 Å². The topological polar surface area (TPSA) is 9.86 Å². The molecule has 0 atom stereocenters. The monoisotopic (exact) mass is 980 g/mol. The van der Waals surface area contributed by atoms with E-state index in [9.17, 15) is 0 Å². The van der Waals surface area contributed by atoms with Crippen molar-refractivity contribution in [2.45, 2.75) is 40.0 Å². The van der Waals surface area contributed by atoms with E-state index in [0.717, 1.165) is 129 Å². The standard InChI is InChI=1S/C66H46F6N2/c1-39-10-5-14-43(30-39)47-20-25-58-52(34-47)53-35-48(44-15-6-11-40(2)31-44)21-26-59(53)73(58)62-29-24-51(64-56(65(67,68)69)18-9-19-57(64)66(70,71)72)38-63(62)74-60-27-22-49(45-16-7-12-41(3)32-45)36-54(60)55-37-50(23-28-61(55)74)46-17-8-13-42(4)33-46/h5-38H,1-4H3. The third-order valence-electron chi connectivity index (χ3n) is 14.4. The van der Waals surface area contributed by atoms with Gasteiger partial charge in [-0.05, 0) is 151 Å². The fourth-order valence-electron chi connectivity index (χ4n) is 11.0. The molecule has 0 fully saturated rings. The molecule has 0 saturated heterocycles. The van der Waals surface area contributed by atoms with Gasteiger partial charge in [-0.2, -0.15) is 26.3 Å². The molecule has 0 bridgehead atoms. The average molecular weight is 981 g/mol. The second-order valence-corrected chi connectivity index (χ2v) is 19.5. The minimum atomic E-state index is -5.10. The number of benzene rings is 10. The molecule has 12 aromatic rings. The molecule has 10 aromatic carbocycles. The van der Waals surface area contributed by atoms with Gasteiger partial charge < -0.3 is 9.13 Å². The average Bonchev–Trinajstić information content (AvgIpc) is 3.90. The van der Waals surface area contributed by atoms with E-state index in [2.05, 4.69) is 128 Å². The third-order valence-corrected chi connectivity index (χ3v) is 14.4. The first-order valence-corrected chi connectivity index (χ1v) is 24.4. The van der Waals surface area contributed by atoms with E-state index in [4.69, 9.17) is 0 Å². The second-order valence-electron chi connectivity index (χ2n) is 19.5. The number of hydrogen-bond donors (Lipinski definition) is 0. The van der Waals surface area contributed by atoms with Gasteiger partial charge in [-0.25, -0.2) is 0 Å². The zero-order valence-electron chi connectivity index (χ0n) is 40.8. The van der Waals surface area contributed by atoms with Gasteiger partial charge in [-0.15, -0.1) is 0 Å². The highest BCUT2D eigenvalue weighted by Crippen LogP contribution is 2.48. The lowest BCUT2D eigenvalue weighted by atomic mass is 9.92. The lowest BCUT2D eigenvalue weighted by Gasteiger charge is -2.22.